The Morgan fingerprint density at radius 1 is 1.14 bits per heavy atom. The van der Waals surface area contributed by atoms with Gasteiger partial charge >= 0.3 is 0 Å². The van der Waals surface area contributed by atoms with Crippen LogP contribution in [-0.4, -0.2) is 22.9 Å². The van der Waals surface area contributed by atoms with E-state index in [1.54, 1.807) is 20.0 Å². The van der Waals surface area contributed by atoms with E-state index in [1.165, 1.54) is 6.20 Å². The first-order valence-corrected chi connectivity index (χ1v) is 10.6. The minimum absolute atomic E-state index is 0.317. The maximum Gasteiger partial charge on any atom is 0.256 e. The van der Waals surface area contributed by atoms with Gasteiger partial charge in [-0.1, -0.05) is 30.3 Å². The van der Waals surface area contributed by atoms with Crippen molar-refractivity contribution in [2.24, 2.45) is 5.73 Å². The standard InChI is InChI=1S/C21H25N3O3S/c1-15(2)28(25,26)24-13-20(12-23-24)18-9-16(3)21(19(10-18)11-22)27-14-17-7-5-4-6-8-17/h4-10,12-13,15H,11,14,22H2,1-3H3. The highest BCUT2D eigenvalue weighted by atomic mass is 32.2. The third-order valence-electron chi connectivity index (χ3n) is 4.55. The van der Waals surface area contributed by atoms with Crippen molar-refractivity contribution in [3.63, 3.8) is 0 Å². The van der Waals surface area contributed by atoms with Gasteiger partial charge in [0.15, 0.2) is 0 Å². The van der Waals surface area contributed by atoms with Crippen molar-refractivity contribution in [2.45, 2.75) is 39.2 Å². The zero-order valence-electron chi connectivity index (χ0n) is 16.3. The first kappa shape index (κ1) is 20.1. The fourth-order valence-corrected chi connectivity index (χ4v) is 3.78. The number of aryl methyl sites for hydroxylation is 1. The number of benzene rings is 2. The molecule has 7 heteroatoms. The van der Waals surface area contributed by atoms with Crippen LogP contribution in [-0.2, 0) is 23.2 Å². The van der Waals surface area contributed by atoms with E-state index >= 15 is 0 Å². The van der Waals surface area contributed by atoms with Gasteiger partial charge in [0, 0.05) is 17.7 Å². The van der Waals surface area contributed by atoms with Crippen LogP contribution in [0, 0.1) is 6.92 Å². The molecule has 28 heavy (non-hydrogen) atoms. The van der Waals surface area contributed by atoms with Gasteiger partial charge in [0.25, 0.3) is 10.0 Å². The van der Waals surface area contributed by atoms with Crippen LogP contribution in [0.3, 0.4) is 0 Å². The Balaban J connectivity index is 1.90. The molecule has 0 amide bonds. The molecule has 0 aliphatic carbocycles. The van der Waals surface area contributed by atoms with E-state index in [9.17, 15) is 8.42 Å². The summed E-state index contributed by atoms with van der Waals surface area (Å²) in [6, 6.07) is 13.8. The molecule has 2 N–H and O–H groups in total. The van der Waals surface area contributed by atoms with Gasteiger partial charge in [-0.25, -0.2) is 8.42 Å². The molecule has 0 aliphatic rings. The Bertz CT molecular complexity index is 1060. The third kappa shape index (κ3) is 4.10. The van der Waals surface area contributed by atoms with E-state index < -0.39 is 15.3 Å². The molecule has 6 nitrogen and oxygen atoms in total. The second-order valence-electron chi connectivity index (χ2n) is 6.96. The second-order valence-corrected chi connectivity index (χ2v) is 9.30. The van der Waals surface area contributed by atoms with Crippen LogP contribution in [0.5, 0.6) is 5.75 Å². The summed E-state index contributed by atoms with van der Waals surface area (Å²) in [5.74, 6) is 0.761. The van der Waals surface area contributed by atoms with Gasteiger partial charge in [0.1, 0.15) is 12.4 Å². The highest BCUT2D eigenvalue weighted by molar-refractivity contribution is 7.90. The molecular weight excluding hydrogens is 374 g/mol. The number of rotatable bonds is 7. The molecule has 0 spiro atoms. The van der Waals surface area contributed by atoms with E-state index in [-0.39, 0.29) is 0 Å². The van der Waals surface area contributed by atoms with Crippen LogP contribution in [0.4, 0.5) is 0 Å². The fourth-order valence-electron chi connectivity index (χ4n) is 2.91. The van der Waals surface area contributed by atoms with Crippen molar-refractivity contribution in [2.75, 3.05) is 0 Å². The maximum atomic E-state index is 12.3. The number of hydrogen-bond donors (Lipinski definition) is 1. The summed E-state index contributed by atoms with van der Waals surface area (Å²) in [5.41, 5.74) is 10.4. The highest BCUT2D eigenvalue weighted by Gasteiger charge is 2.20. The monoisotopic (exact) mass is 399 g/mol. The van der Waals surface area contributed by atoms with Crippen LogP contribution in [0.2, 0.25) is 0 Å². The Kier molecular flexibility index (Phi) is 5.86. The zero-order chi connectivity index (χ0) is 20.3. The summed E-state index contributed by atoms with van der Waals surface area (Å²) in [5, 5.41) is 3.49. The Morgan fingerprint density at radius 3 is 2.50 bits per heavy atom. The second kappa shape index (κ2) is 8.16. The van der Waals surface area contributed by atoms with Crippen LogP contribution in [0.15, 0.2) is 54.9 Å². The molecule has 0 saturated carbocycles. The number of hydrogen-bond acceptors (Lipinski definition) is 5. The largest absolute Gasteiger partial charge is 0.488 e. The number of ether oxygens (including phenoxy) is 1. The molecule has 148 valence electrons. The summed E-state index contributed by atoms with van der Waals surface area (Å²) >= 11 is 0. The van der Waals surface area contributed by atoms with Crippen molar-refractivity contribution in [1.29, 1.82) is 0 Å². The molecule has 3 aromatic rings. The molecule has 0 atom stereocenters. The minimum Gasteiger partial charge on any atom is -0.488 e. The van der Waals surface area contributed by atoms with E-state index in [1.807, 2.05) is 49.4 Å². The van der Waals surface area contributed by atoms with Crippen molar-refractivity contribution < 1.29 is 13.2 Å². The van der Waals surface area contributed by atoms with Gasteiger partial charge < -0.3 is 10.5 Å². The predicted octanol–water partition coefficient (Wildman–Crippen LogP) is 3.48. The summed E-state index contributed by atoms with van der Waals surface area (Å²) in [4.78, 5) is 0. The lowest BCUT2D eigenvalue weighted by Crippen LogP contribution is -2.22. The Morgan fingerprint density at radius 2 is 1.86 bits per heavy atom. The minimum atomic E-state index is -3.48. The highest BCUT2D eigenvalue weighted by Crippen LogP contribution is 2.31. The van der Waals surface area contributed by atoms with Crippen molar-refractivity contribution >= 4 is 10.0 Å². The molecule has 3 rings (SSSR count). The number of nitrogens with two attached hydrogens (primary N) is 1. The van der Waals surface area contributed by atoms with E-state index in [4.69, 9.17) is 10.5 Å². The molecule has 0 bridgehead atoms. The normalized spacial score (nSPS) is 11.8. The fraction of sp³-hybridized carbons (Fsp3) is 0.286. The predicted molar refractivity (Wildman–Crippen MR) is 111 cm³/mol. The zero-order valence-corrected chi connectivity index (χ0v) is 17.1. The molecule has 0 unspecified atom stereocenters. The summed E-state index contributed by atoms with van der Waals surface area (Å²) in [6.07, 6.45) is 3.09. The van der Waals surface area contributed by atoms with Gasteiger partial charge in [-0.05, 0) is 49.6 Å². The molecule has 0 aliphatic heterocycles. The van der Waals surface area contributed by atoms with Gasteiger partial charge in [-0.15, -0.1) is 0 Å². The lowest BCUT2D eigenvalue weighted by atomic mass is 10.0. The Hall–Kier alpha value is -2.64. The van der Waals surface area contributed by atoms with Gasteiger partial charge in [-0.3, -0.25) is 0 Å². The molecule has 0 radical (unpaired) electrons. The molecule has 1 heterocycles. The smallest absolute Gasteiger partial charge is 0.256 e. The molecule has 0 fully saturated rings. The molecular formula is C21H25N3O3S. The van der Waals surface area contributed by atoms with Crippen LogP contribution in [0.1, 0.15) is 30.5 Å². The average molecular weight is 400 g/mol. The lowest BCUT2D eigenvalue weighted by Gasteiger charge is -2.15. The number of aromatic nitrogens is 2. The first-order chi connectivity index (χ1) is 13.3. The van der Waals surface area contributed by atoms with Gasteiger partial charge in [-0.2, -0.15) is 9.19 Å². The lowest BCUT2D eigenvalue weighted by molar-refractivity contribution is 0.301. The first-order valence-electron chi connectivity index (χ1n) is 9.12. The average Bonchev–Trinajstić information content (AvgIpc) is 3.18. The van der Waals surface area contributed by atoms with E-state index in [0.29, 0.717) is 13.2 Å². The summed E-state index contributed by atoms with van der Waals surface area (Å²) < 4.78 is 31.7. The maximum absolute atomic E-state index is 12.3. The van der Waals surface area contributed by atoms with Gasteiger partial charge in [0.2, 0.25) is 0 Å². The van der Waals surface area contributed by atoms with E-state index in [2.05, 4.69) is 5.10 Å². The van der Waals surface area contributed by atoms with E-state index in [0.717, 1.165) is 37.7 Å². The van der Waals surface area contributed by atoms with Gasteiger partial charge in [0.05, 0.1) is 17.6 Å². The quantitative estimate of drug-likeness (QED) is 0.657. The van der Waals surface area contributed by atoms with Crippen molar-refractivity contribution in [3.05, 3.63) is 71.5 Å². The molecule has 2 aromatic carbocycles. The number of nitrogens with zero attached hydrogens (tertiary/aromatic N) is 2. The van der Waals surface area contributed by atoms with Crippen LogP contribution >= 0.6 is 0 Å². The summed E-state index contributed by atoms with van der Waals surface area (Å²) in [7, 11) is -3.48. The van der Waals surface area contributed by atoms with Crippen LogP contribution < -0.4 is 10.5 Å². The van der Waals surface area contributed by atoms with Crippen LogP contribution in [0.25, 0.3) is 11.1 Å². The Labute approximate surface area is 166 Å². The van der Waals surface area contributed by atoms with Crippen molar-refractivity contribution in [1.82, 2.24) is 9.19 Å². The van der Waals surface area contributed by atoms with Crippen molar-refractivity contribution in [3.8, 4) is 16.9 Å². The SMILES string of the molecule is Cc1cc(-c2cnn(S(=O)(=O)C(C)C)c2)cc(CN)c1OCc1ccccc1. The summed E-state index contributed by atoms with van der Waals surface area (Å²) in [6.45, 7) is 5.99. The third-order valence-corrected chi connectivity index (χ3v) is 6.46. The topological polar surface area (TPSA) is 87.2 Å². The molecule has 1 aromatic heterocycles. The molecule has 0 saturated heterocycles.